The fourth-order valence-electron chi connectivity index (χ4n) is 3.36. The van der Waals surface area contributed by atoms with E-state index in [2.05, 4.69) is 17.0 Å². The van der Waals surface area contributed by atoms with Crippen LogP contribution in [0.5, 0.6) is 5.75 Å². The third kappa shape index (κ3) is 2.21. The Morgan fingerprint density at radius 2 is 2.26 bits per heavy atom. The van der Waals surface area contributed by atoms with Gasteiger partial charge in [0.2, 0.25) is 0 Å². The van der Waals surface area contributed by atoms with Gasteiger partial charge in [-0.25, -0.2) is 0 Å². The Labute approximate surface area is 113 Å². The molecule has 2 heterocycles. The van der Waals surface area contributed by atoms with E-state index >= 15 is 0 Å². The normalized spacial score (nSPS) is 26.4. The van der Waals surface area contributed by atoms with E-state index in [9.17, 15) is 4.79 Å². The van der Waals surface area contributed by atoms with Gasteiger partial charge in [0, 0.05) is 19.1 Å². The standard InChI is InChI=1S/C15H19NO3/c1-19-12-3-4-13-10(8-12)6-7-16-9-11(15(17)18)2-5-14(13)16/h3-4,8,11,14H,2,5-7,9H2,1H3,(H,17,18)/t11-,14-/m0/s1. The fourth-order valence-corrected chi connectivity index (χ4v) is 3.36. The lowest BCUT2D eigenvalue weighted by atomic mass is 9.83. The van der Waals surface area contributed by atoms with Crippen LogP contribution in [-0.4, -0.2) is 36.2 Å². The van der Waals surface area contributed by atoms with E-state index in [0.29, 0.717) is 12.6 Å². The van der Waals surface area contributed by atoms with Crippen molar-refractivity contribution in [3.8, 4) is 5.75 Å². The lowest BCUT2D eigenvalue weighted by Crippen LogP contribution is -2.44. The maximum Gasteiger partial charge on any atom is 0.307 e. The molecule has 4 nitrogen and oxygen atoms in total. The van der Waals surface area contributed by atoms with Gasteiger partial charge in [-0.1, -0.05) is 6.07 Å². The first kappa shape index (κ1) is 12.5. The first-order chi connectivity index (χ1) is 9.19. The van der Waals surface area contributed by atoms with Gasteiger partial charge in [-0.15, -0.1) is 0 Å². The highest BCUT2D eigenvalue weighted by Gasteiger charge is 2.35. The highest BCUT2D eigenvalue weighted by atomic mass is 16.5. The molecule has 1 aromatic rings. The van der Waals surface area contributed by atoms with Gasteiger partial charge in [0.15, 0.2) is 0 Å². The number of benzene rings is 1. The molecular weight excluding hydrogens is 242 g/mol. The van der Waals surface area contributed by atoms with Crippen LogP contribution in [0.2, 0.25) is 0 Å². The Balaban J connectivity index is 1.85. The van der Waals surface area contributed by atoms with Crippen molar-refractivity contribution >= 4 is 5.97 Å². The Morgan fingerprint density at radius 1 is 1.42 bits per heavy atom. The largest absolute Gasteiger partial charge is 0.497 e. The Bertz CT molecular complexity index is 500. The predicted octanol–water partition coefficient (Wildman–Crippen LogP) is 2.09. The molecule has 0 bridgehead atoms. The number of methoxy groups -OCH3 is 1. The van der Waals surface area contributed by atoms with E-state index in [0.717, 1.165) is 31.6 Å². The number of rotatable bonds is 2. The molecule has 2 aliphatic rings. The number of carboxylic acids is 1. The number of carbonyl (C=O) groups is 1. The van der Waals surface area contributed by atoms with Crippen molar-refractivity contribution in [1.29, 1.82) is 0 Å². The van der Waals surface area contributed by atoms with Gasteiger partial charge < -0.3 is 9.84 Å². The molecule has 1 fully saturated rings. The molecule has 0 aliphatic carbocycles. The summed E-state index contributed by atoms with van der Waals surface area (Å²) in [6.07, 6.45) is 2.70. The number of piperidine rings is 1. The van der Waals surface area contributed by atoms with Crippen molar-refractivity contribution in [3.63, 3.8) is 0 Å². The molecule has 2 atom stereocenters. The zero-order valence-electron chi connectivity index (χ0n) is 11.1. The van der Waals surface area contributed by atoms with E-state index in [1.807, 2.05) is 6.07 Å². The second-order valence-corrected chi connectivity index (χ2v) is 5.44. The summed E-state index contributed by atoms with van der Waals surface area (Å²) in [5.41, 5.74) is 2.71. The quantitative estimate of drug-likeness (QED) is 0.885. The van der Waals surface area contributed by atoms with Gasteiger partial charge in [-0.05, 0) is 42.5 Å². The maximum absolute atomic E-state index is 11.1. The molecule has 0 amide bonds. The summed E-state index contributed by atoms with van der Waals surface area (Å²) >= 11 is 0. The Kier molecular flexibility index (Phi) is 3.19. The number of fused-ring (bicyclic) bond motifs is 3. The van der Waals surface area contributed by atoms with E-state index < -0.39 is 5.97 Å². The van der Waals surface area contributed by atoms with Gasteiger partial charge in [-0.3, -0.25) is 9.69 Å². The van der Waals surface area contributed by atoms with Crippen LogP contribution in [0.15, 0.2) is 18.2 Å². The second kappa shape index (κ2) is 4.85. The topological polar surface area (TPSA) is 49.8 Å². The zero-order valence-corrected chi connectivity index (χ0v) is 11.1. The van der Waals surface area contributed by atoms with Crippen molar-refractivity contribution in [1.82, 2.24) is 4.90 Å². The Morgan fingerprint density at radius 3 is 3.00 bits per heavy atom. The summed E-state index contributed by atoms with van der Waals surface area (Å²) in [5, 5.41) is 9.15. The number of ether oxygens (including phenoxy) is 1. The van der Waals surface area contributed by atoms with E-state index in [1.165, 1.54) is 11.1 Å². The number of nitrogens with zero attached hydrogens (tertiary/aromatic N) is 1. The summed E-state index contributed by atoms with van der Waals surface area (Å²) in [6.45, 7) is 1.64. The number of hydrogen-bond acceptors (Lipinski definition) is 3. The molecule has 1 saturated heterocycles. The van der Waals surface area contributed by atoms with Crippen molar-refractivity contribution < 1.29 is 14.6 Å². The van der Waals surface area contributed by atoms with Crippen LogP contribution in [0.25, 0.3) is 0 Å². The summed E-state index contributed by atoms with van der Waals surface area (Å²) in [4.78, 5) is 13.4. The summed E-state index contributed by atoms with van der Waals surface area (Å²) < 4.78 is 5.27. The molecule has 0 saturated carbocycles. The number of carboxylic acid groups (broad SMARTS) is 1. The minimum Gasteiger partial charge on any atom is -0.497 e. The van der Waals surface area contributed by atoms with Crippen LogP contribution < -0.4 is 4.74 Å². The monoisotopic (exact) mass is 261 g/mol. The maximum atomic E-state index is 11.1. The van der Waals surface area contributed by atoms with Crippen LogP contribution in [0.4, 0.5) is 0 Å². The fraction of sp³-hybridized carbons (Fsp3) is 0.533. The number of hydrogen-bond donors (Lipinski definition) is 1. The van der Waals surface area contributed by atoms with Crippen LogP contribution in [-0.2, 0) is 11.2 Å². The average molecular weight is 261 g/mol. The smallest absolute Gasteiger partial charge is 0.307 e. The first-order valence-electron chi connectivity index (χ1n) is 6.82. The lowest BCUT2D eigenvalue weighted by Gasteiger charge is -2.42. The molecule has 3 rings (SSSR count). The van der Waals surface area contributed by atoms with Crippen LogP contribution in [0, 0.1) is 5.92 Å². The van der Waals surface area contributed by atoms with Gasteiger partial charge in [0.1, 0.15) is 5.75 Å². The van der Waals surface area contributed by atoms with Crippen LogP contribution >= 0.6 is 0 Å². The van der Waals surface area contributed by atoms with E-state index in [1.54, 1.807) is 7.11 Å². The van der Waals surface area contributed by atoms with E-state index in [4.69, 9.17) is 9.84 Å². The summed E-state index contributed by atoms with van der Waals surface area (Å²) in [6, 6.07) is 6.67. The molecule has 0 spiro atoms. The van der Waals surface area contributed by atoms with Crippen molar-refractivity contribution in [2.24, 2.45) is 5.92 Å². The van der Waals surface area contributed by atoms with Crippen LogP contribution in [0.3, 0.4) is 0 Å². The molecule has 4 heteroatoms. The average Bonchev–Trinajstić information content (AvgIpc) is 2.45. The van der Waals surface area contributed by atoms with Gasteiger partial charge in [-0.2, -0.15) is 0 Å². The molecule has 0 aromatic heterocycles. The molecule has 19 heavy (non-hydrogen) atoms. The third-order valence-electron chi connectivity index (χ3n) is 4.41. The highest BCUT2D eigenvalue weighted by molar-refractivity contribution is 5.70. The van der Waals surface area contributed by atoms with Crippen LogP contribution in [0.1, 0.15) is 30.0 Å². The molecule has 102 valence electrons. The Hall–Kier alpha value is -1.55. The number of aliphatic carboxylic acids is 1. The molecule has 1 N–H and O–H groups in total. The summed E-state index contributed by atoms with van der Waals surface area (Å²) in [5.74, 6) is 0.0569. The van der Waals surface area contributed by atoms with Crippen molar-refractivity contribution in [2.75, 3.05) is 20.2 Å². The summed E-state index contributed by atoms with van der Waals surface area (Å²) in [7, 11) is 1.69. The highest BCUT2D eigenvalue weighted by Crippen LogP contribution is 2.39. The molecule has 2 aliphatic heterocycles. The van der Waals surface area contributed by atoms with Gasteiger partial charge in [0.05, 0.1) is 13.0 Å². The van der Waals surface area contributed by atoms with Crippen molar-refractivity contribution in [3.05, 3.63) is 29.3 Å². The molecule has 0 unspecified atom stereocenters. The second-order valence-electron chi connectivity index (χ2n) is 5.44. The van der Waals surface area contributed by atoms with Gasteiger partial charge >= 0.3 is 5.97 Å². The first-order valence-corrected chi connectivity index (χ1v) is 6.82. The lowest BCUT2D eigenvalue weighted by molar-refractivity contribution is -0.144. The predicted molar refractivity (Wildman–Crippen MR) is 71.4 cm³/mol. The zero-order chi connectivity index (χ0) is 13.4. The van der Waals surface area contributed by atoms with Gasteiger partial charge in [0.25, 0.3) is 0 Å². The van der Waals surface area contributed by atoms with Crippen molar-refractivity contribution in [2.45, 2.75) is 25.3 Å². The van der Waals surface area contributed by atoms with E-state index in [-0.39, 0.29) is 5.92 Å². The molecule has 1 aromatic carbocycles. The molecule has 0 radical (unpaired) electrons. The third-order valence-corrected chi connectivity index (χ3v) is 4.41. The minimum absolute atomic E-state index is 0.198. The molecular formula is C15H19NO3. The SMILES string of the molecule is COc1ccc2c(c1)CCN1C[C@@H](C(=O)O)CC[C@@H]21. The minimum atomic E-state index is -0.654.